The van der Waals surface area contributed by atoms with E-state index in [9.17, 15) is 0 Å². The Morgan fingerprint density at radius 1 is 1.12 bits per heavy atom. The number of para-hydroxylation sites is 1. The Morgan fingerprint density at radius 3 is 2.77 bits per heavy atom. The quantitative estimate of drug-likeness (QED) is 0.468. The third kappa shape index (κ3) is 2.94. The zero-order valence-electron chi connectivity index (χ0n) is 14.9. The van der Waals surface area contributed by atoms with E-state index in [-0.39, 0.29) is 0 Å². The molecule has 0 aliphatic rings. The van der Waals surface area contributed by atoms with E-state index in [1.807, 2.05) is 40.9 Å². The monoisotopic (exact) mass is 409 g/mol. The van der Waals surface area contributed by atoms with Gasteiger partial charge in [0.2, 0.25) is 0 Å². The van der Waals surface area contributed by atoms with Gasteiger partial charge >= 0.3 is 0 Å². The molecular weight excluding hydrogens is 390 g/mol. The summed E-state index contributed by atoms with van der Waals surface area (Å²) in [5.74, 6) is 0.972. The van der Waals surface area contributed by atoms with Gasteiger partial charge in [0, 0.05) is 29.0 Å². The maximum absolute atomic E-state index is 4.97. The van der Waals surface area contributed by atoms with Crippen molar-refractivity contribution in [3.63, 3.8) is 0 Å². The second kappa shape index (κ2) is 7.03. The molecule has 0 spiro atoms. The smallest absolute Gasteiger partial charge is 0.186 e. The molecule has 5 nitrogen and oxygen atoms in total. The van der Waals surface area contributed by atoms with E-state index in [4.69, 9.17) is 4.98 Å². The molecule has 2 aromatic heterocycles. The van der Waals surface area contributed by atoms with Gasteiger partial charge in [-0.1, -0.05) is 58.8 Å². The molecule has 0 atom stereocenters. The van der Waals surface area contributed by atoms with E-state index < -0.39 is 0 Å². The van der Waals surface area contributed by atoms with Gasteiger partial charge in [-0.2, -0.15) is 4.52 Å². The van der Waals surface area contributed by atoms with E-state index >= 15 is 0 Å². The van der Waals surface area contributed by atoms with Gasteiger partial charge in [-0.3, -0.25) is 0 Å². The largest absolute Gasteiger partial charge is 0.359 e. The fourth-order valence-electron chi connectivity index (χ4n) is 3.16. The van der Waals surface area contributed by atoms with Crippen LogP contribution in [-0.2, 0) is 0 Å². The molecule has 0 aliphatic heterocycles. The summed E-state index contributed by atoms with van der Waals surface area (Å²) in [6, 6.07) is 16.3. The number of anilines is 1. The highest BCUT2D eigenvalue weighted by Gasteiger charge is 2.17. The first-order chi connectivity index (χ1) is 12.7. The lowest BCUT2D eigenvalue weighted by molar-refractivity contribution is 0.761. The minimum absolute atomic E-state index is 0.778. The van der Waals surface area contributed by atoms with Crippen LogP contribution in [0, 0.1) is 0 Å². The Balaban J connectivity index is 1.97. The third-order valence-corrected chi connectivity index (χ3v) is 5.03. The summed E-state index contributed by atoms with van der Waals surface area (Å²) in [5, 5.41) is 9.90. The Morgan fingerprint density at radius 2 is 1.96 bits per heavy atom. The van der Waals surface area contributed by atoms with E-state index in [1.165, 1.54) is 0 Å². The highest BCUT2D eigenvalue weighted by atomic mass is 79.9. The van der Waals surface area contributed by atoms with Crippen LogP contribution < -0.4 is 4.90 Å². The van der Waals surface area contributed by atoms with Crippen LogP contribution in [-0.4, -0.2) is 33.4 Å². The Labute approximate surface area is 160 Å². The van der Waals surface area contributed by atoms with Crippen molar-refractivity contribution in [2.75, 3.05) is 18.5 Å². The van der Waals surface area contributed by atoms with Crippen LogP contribution >= 0.6 is 15.9 Å². The molecule has 132 valence electrons. The Bertz CT molecular complexity index is 1070. The van der Waals surface area contributed by atoms with Crippen LogP contribution in [0.1, 0.15) is 19.8 Å². The summed E-state index contributed by atoms with van der Waals surface area (Å²) in [7, 11) is 2.10. The first kappa shape index (κ1) is 17.0. The molecule has 0 fully saturated rings. The molecule has 26 heavy (non-hydrogen) atoms. The van der Waals surface area contributed by atoms with Gasteiger partial charge in [0.05, 0.1) is 5.52 Å². The second-order valence-electron chi connectivity index (χ2n) is 6.41. The van der Waals surface area contributed by atoms with Gasteiger partial charge in [-0.15, -0.1) is 5.10 Å². The van der Waals surface area contributed by atoms with Gasteiger partial charge in [-0.05, 0) is 30.7 Å². The maximum atomic E-state index is 4.97. The number of benzene rings is 2. The summed E-state index contributed by atoms with van der Waals surface area (Å²) >= 11 is 3.53. The summed E-state index contributed by atoms with van der Waals surface area (Å²) in [4.78, 5) is 7.20. The number of hydrogen-bond donors (Lipinski definition) is 0. The summed E-state index contributed by atoms with van der Waals surface area (Å²) in [6.07, 6.45) is 2.29. The minimum atomic E-state index is 0.778. The van der Waals surface area contributed by atoms with Crippen molar-refractivity contribution in [1.82, 2.24) is 19.8 Å². The molecular formula is C20H20BrN5. The van der Waals surface area contributed by atoms with E-state index in [2.05, 4.69) is 57.2 Å². The van der Waals surface area contributed by atoms with Crippen molar-refractivity contribution in [2.24, 2.45) is 0 Å². The predicted octanol–water partition coefficient (Wildman–Crippen LogP) is 4.94. The number of hydrogen-bond acceptors (Lipinski definition) is 4. The van der Waals surface area contributed by atoms with Gasteiger partial charge < -0.3 is 4.90 Å². The van der Waals surface area contributed by atoms with Crippen molar-refractivity contribution in [3.8, 4) is 11.3 Å². The normalized spacial score (nSPS) is 11.3. The first-order valence-corrected chi connectivity index (χ1v) is 9.59. The Kier molecular flexibility index (Phi) is 4.59. The van der Waals surface area contributed by atoms with Crippen LogP contribution in [0.2, 0.25) is 0 Å². The third-order valence-electron chi connectivity index (χ3n) is 4.54. The van der Waals surface area contributed by atoms with E-state index in [0.717, 1.165) is 57.5 Å². The van der Waals surface area contributed by atoms with E-state index in [1.54, 1.807) is 0 Å². The summed E-state index contributed by atoms with van der Waals surface area (Å²) in [5.41, 5.74) is 3.59. The van der Waals surface area contributed by atoms with Crippen LogP contribution in [0.5, 0.6) is 0 Å². The number of rotatable bonds is 5. The highest BCUT2D eigenvalue weighted by molar-refractivity contribution is 9.10. The lowest BCUT2D eigenvalue weighted by Gasteiger charge is -2.20. The number of nitrogens with zero attached hydrogens (tertiary/aromatic N) is 5. The SMILES string of the molecule is CCCCN(C)c1nc2c(-c3cccc(Br)c3)nnn2c2ccccc12. The number of halogens is 1. The average molecular weight is 410 g/mol. The van der Waals surface area contributed by atoms with Gasteiger partial charge in [-0.25, -0.2) is 4.98 Å². The maximum Gasteiger partial charge on any atom is 0.186 e. The number of unbranched alkanes of at least 4 members (excludes halogenated alkanes) is 1. The topological polar surface area (TPSA) is 46.3 Å². The fraction of sp³-hybridized carbons (Fsp3) is 0.250. The zero-order valence-corrected chi connectivity index (χ0v) is 16.4. The van der Waals surface area contributed by atoms with Crippen LogP contribution in [0.3, 0.4) is 0 Å². The zero-order chi connectivity index (χ0) is 18.1. The van der Waals surface area contributed by atoms with Crippen molar-refractivity contribution in [3.05, 3.63) is 53.0 Å². The molecule has 2 aromatic carbocycles. The molecule has 0 amide bonds. The average Bonchev–Trinajstić information content (AvgIpc) is 3.09. The molecule has 0 aliphatic carbocycles. The second-order valence-corrected chi connectivity index (χ2v) is 7.33. The summed E-state index contributed by atoms with van der Waals surface area (Å²) in [6.45, 7) is 3.17. The lowest BCUT2D eigenvalue weighted by Crippen LogP contribution is -2.20. The lowest BCUT2D eigenvalue weighted by atomic mass is 10.1. The first-order valence-electron chi connectivity index (χ1n) is 8.80. The predicted molar refractivity (Wildman–Crippen MR) is 110 cm³/mol. The molecule has 4 aromatic rings. The van der Waals surface area contributed by atoms with Crippen LogP contribution in [0.25, 0.3) is 27.8 Å². The standard InChI is InChI=1S/C20H20BrN5/c1-3-4-12-25(2)19-16-10-5-6-11-17(16)26-20(22-19)18(23-24-26)14-8-7-9-15(21)13-14/h5-11,13H,3-4,12H2,1-2H3. The van der Waals surface area contributed by atoms with Crippen molar-refractivity contribution < 1.29 is 0 Å². The fourth-order valence-corrected chi connectivity index (χ4v) is 3.56. The molecule has 0 unspecified atom stereocenters. The number of fused-ring (bicyclic) bond motifs is 3. The van der Waals surface area contributed by atoms with Gasteiger partial charge in [0.1, 0.15) is 11.5 Å². The molecule has 0 saturated heterocycles. The molecule has 6 heteroatoms. The summed E-state index contributed by atoms with van der Waals surface area (Å²) < 4.78 is 2.85. The van der Waals surface area contributed by atoms with Crippen molar-refractivity contribution in [2.45, 2.75) is 19.8 Å². The van der Waals surface area contributed by atoms with Gasteiger partial charge in [0.25, 0.3) is 0 Å². The van der Waals surface area contributed by atoms with E-state index in [0.29, 0.717) is 0 Å². The molecule has 0 saturated carbocycles. The molecule has 0 radical (unpaired) electrons. The van der Waals surface area contributed by atoms with Crippen molar-refractivity contribution >= 4 is 38.3 Å². The molecule has 0 bridgehead atoms. The van der Waals surface area contributed by atoms with Crippen LogP contribution in [0.15, 0.2) is 53.0 Å². The Hall–Kier alpha value is -2.47. The van der Waals surface area contributed by atoms with Crippen molar-refractivity contribution in [1.29, 1.82) is 0 Å². The van der Waals surface area contributed by atoms with Crippen LogP contribution in [0.4, 0.5) is 5.82 Å². The number of aromatic nitrogens is 4. The van der Waals surface area contributed by atoms with Gasteiger partial charge in [0.15, 0.2) is 5.65 Å². The minimum Gasteiger partial charge on any atom is -0.359 e. The highest BCUT2D eigenvalue weighted by Crippen LogP contribution is 2.30. The molecule has 0 N–H and O–H groups in total. The molecule has 2 heterocycles. The molecule has 4 rings (SSSR count).